The third kappa shape index (κ3) is 4.90. The quantitative estimate of drug-likeness (QED) is 0.600. The Labute approximate surface area is 167 Å². The molecule has 0 atom stereocenters. The lowest BCUT2D eigenvalue weighted by molar-refractivity contribution is -0.139. The van der Waals surface area contributed by atoms with Crippen molar-refractivity contribution in [2.75, 3.05) is 13.2 Å². The largest absolute Gasteiger partial charge is 0.482 e. The molecule has 2 heterocycles. The number of carbonyl (C=O) groups is 2. The Kier molecular flexibility index (Phi) is 6.11. The molecule has 0 aliphatic carbocycles. The average molecular weight is 397 g/mol. The fourth-order valence-electron chi connectivity index (χ4n) is 2.90. The van der Waals surface area contributed by atoms with Crippen molar-refractivity contribution in [1.82, 2.24) is 15.5 Å². The molecule has 0 fully saturated rings. The standard InChI is InChI=1S/C21H23N3O5/c1-12(2)17-10-16(19-13(3)24-29-21(19)23-17)20(27)22-9-8-14-4-6-15(7-5-14)28-11-18(25)26/h4-7,10,12H,8-9,11H2,1-3H3,(H,22,27)(H,25,26). The number of nitrogens with zero attached hydrogens (tertiary/aromatic N) is 2. The lowest BCUT2D eigenvalue weighted by Gasteiger charge is -2.10. The molecular formula is C21H23N3O5. The number of pyridine rings is 1. The van der Waals surface area contributed by atoms with Crippen molar-refractivity contribution in [3.05, 3.63) is 52.8 Å². The first-order chi connectivity index (χ1) is 13.8. The highest BCUT2D eigenvalue weighted by atomic mass is 16.5. The van der Waals surface area contributed by atoms with Gasteiger partial charge in [0.25, 0.3) is 11.6 Å². The molecule has 2 aromatic heterocycles. The second kappa shape index (κ2) is 8.72. The van der Waals surface area contributed by atoms with E-state index in [-0.39, 0.29) is 18.4 Å². The van der Waals surface area contributed by atoms with E-state index in [9.17, 15) is 9.59 Å². The van der Waals surface area contributed by atoms with Gasteiger partial charge in [0.2, 0.25) is 0 Å². The molecule has 0 unspecified atom stereocenters. The molecule has 0 radical (unpaired) electrons. The highest BCUT2D eigenvalue weighted by Crippen LogP contribution is 2.25. The zero-order valence-electron chi connectivity index (χ0n) is 16.6. The first-order valence-corrected chi connectivity index (χ1v) is 9.33. The molecule has 0 spiro atoms. The molecule has 2 N–H and O–H groups in total. The van der Waals surface area contributed by atoms with Gasteiger partial charge in [-0.1, -0.05) is 31.1 Å². The highest BCUT2D eigenvalue weighted by Gasteiger charge is 2.19. The van der Waals surface area contributed by atoms with Crippen molar-refractivity contribution in [3.63, 3.8) is 0 Å². The van der Waals surface area contributed by atoms with Crippen LogP contribution in [0.4, 0.5) is 0 Å². The van der Waals surface area contributed by atoms with Gasteiger partial charge in [-0.25, -0.2) is 9.78 Å². The number of rotatable bonds is 8. The summed E-state index contributed by atoms with van der Waals surface area (Å²) in [6.07, 6.45) is 0.624. The lowest BCUT2D eigenvalue weighted by atomic mass is 10.0. The van der Waals surface area contributed by atoms with Gasteiger partial charge >= 0.3 is 5.97 Å². The summed E-state index contributed by atoms with van der Waals surface area (Å²) < 4.78 is 10.4. The number of hydrogen-bond acceptors (Lipinski definition) is 6. The molecule has 1 amide bonds. The number of ether oxygens (including phenoxy) is 1. The van der Waals surface area contributed by atoms with Crippen LogP contribution < -0.4 is 10.1 Å². The van der Waals surface area contributed by atoms with Gasteiger partial charge in [0.1, 0.15) is 5.75 Å². The average Bonchev–Trinajstić information content (AvgIpc) is 3.07. The van der Waals surface area contributed by atoms with Crippen LogP contribution in [0.15, 0.2) is 34.9 Å². The van der Waals surface area contributed by atoms with E-state index in [0.717, 1.165) is 11.3 Å². The van der Waals surface area contributed by atoms with E-state index in [4.69, 9.17) is 14.4 Å². The van der Waals surface area contributed by atoms with Crippen LogP contribution in [0, 0.1) is 6.92 Å². The number of aryl methyl sites for hydroxylation is 1. The van der Waals surface area contributed by atoms with E-state index in [0.29, 0.717) is 41.1 Å². The van der Waals surface area contributed by atoms with Crippen LogP contribution in [-0.2, 0) is 11.2 Å². The highest BCUT2D eigenvalue weighted by molar-refractivity contribution is 6.06. The van der Waals surface area contributed by atoms with Crippen LogP contribution in [0.2, 0.25) is 0 Å². The summed E-state index contributed by atoms with van der Waals surface area (Å²) in [5.74, 6) is -0.584. The maximum atomic E-state index is 12.8. The summed E-state index contributed by atoms with van der Waals surface area (Å²) in [7, 11) is 0. The Morgan fingerprint density at radius 1 is 1.24 bits per heavy atom. The molecule has 0 saturated carbocycles. The van der Waals surface area contributed by atoms with Crippen LogP contribution in [0.5, 0.6) is 5.75 Å². The Hall–Kier alpha value is -3.42. The second-order valence-corrected chi connectivity index (χ2v) is 7.03. The van der Waals surface area contributed by atoms with E-state index in [1.54, 1.807) is 25.1 Å². The molecule has 0 bridgehead atoms. The number of nitrogens with one attached hydrogen (secondary N) is 1. The topological polar surface area (TPSA) is 115 Å². The smallest absolute Gasteiger partial charge is 0.341 e. The minimum atomic E-state index is -1.02. The summed E-state index contributed by atoms with van der Waals surface area (Å²) in [6.45, 7) is 5.86. The van der Waals surface area contributed by atoms with Crippen molar-refractivity contribution in [2.24, 2.45) is 0 Å². The number of aromatic nitrogens is 2. The molecule has 3 rings (SSSR count). The number of hydrogen-bond donors (Lipinski definition) is 2. The predicted molar refractivity (Wildman–Crippen MR) is 106 cm³/mol. The summed E-state index contributed by atoms with van der Waals surface area (Å²) in [5, 5.41) is 16.1. The van der Waals surface area contributed by atoms with Crippen molar-refractivity contribution in [2.45, 2.75) is 33.1 Å². The first-order valence-electron chi connectivity index (χ1n) is 9.33. The number of amides is 1. The van der Waals surface area contributed by atoms with Gasteiger partial charge in [0, 0.05) is 12.2 Å². The number of benzene rings is 1. The summed E-state index contributed by atoms with van der Waals surface area (Å²) in [5.41, 5.74) is 3.28. The first kappa shape index (κ1) is 20.3. The monoisotopic (exact) mass is 397 g/mol. The second-order valence-electron chi connectivity index (χ2n) is 7.03. The van der Waals surface area contributed by atoms with Crippen LogP contribution >= 0.6 is 0 Å². The lowest BCUT2D eigenvalue weighted by Crippen LogP contribution is -2.26. The molecule has 3 aromatic rings. The van der Waals surface area contributed by atoms with Gasteiger partial charge in [0.15, 0.2) is 6.61 Å². The fourth-order valence-corrected chi connectivity index (χ4v) is 2.90. The van der Waals surface area contributed by atoms with Crippen LogP contribution in [0.25, 0.3) is 11.1 Å². The zero-order chi connectivity index (χ0) is 21.0. The van der Waals surface area contributed by atoms with Gasteiger partial charge in [-0.15, -0.1) is 0 Å². The number of carboxylic acids is 1. The molecule has 29 heavy (non-hydrogen) atoms. The van der Waals surface area contributed by atoms with Gasteiger partial charge in [0.05, 0.1) is 16.6 Å². The van der Waals surface area contributed by atoms with Gasteiger partial charge in [-0.3, -0.25) is 4.79 Å². The van der Waals surface area contributed by atoms with Crippen molar-refractivity contribution in [1.29, 1.82) is 0 Å². The molecule has 152 valence electrons. The number of fused-ring (bicyclic) bond motifs is 1. The normalized spacial score (nSPS) is 11.0. The van der Waals surface area contributed by atoms with Crippen molar-refractivity contribution >= 4 is 23.0 Å². The van der Waals surface area contributed by atoms with E-state index in [1.165, 1.54) is 0 Å². The number of carboxylic acid groups (broad SMARTS) is 1. The van der Waals surface area contributed by atoms with Gasteiger partial charge < -0.3 is 19.7 Å². The summed E-state index contributed by atoms with van der Waals surface area (Å²) in [4.78, 5) is 27.8. The van der Waals surface area contributed by atoms with Gasteiger partial charge in [-0.2, -0.15) is 0 Å². The summed E-state index contributed by atoms with van der Waals surface area (Å²) >= 11 is 0. The van der Waals surface area contributed by atoms with Crippen LogP contribution in [0.3, 0.4) is 0 Å². The Balaban J connectivity index is 1.65. The minimum Gasteiger partial charge on any atom is -0.482 e. The van der Waals surface area contributed by atoms with Gasteiger partial charge in [-0.05, 0) is 43.0 Å². The molecule has 8 nitrogen and oxygen atoms in total. The van der Waals surface area contributed by atoms with Crippen molar-refractivity contribution in [3.8, 4) is 5.75 Å². The molecule has 8 heteroatoms. The van der Waals surface area contributed by atoms with E-state index in [1.807, 2.05) is 26.0 Å². The third-order valence-electron chi connectivity index (χ3n) is 4.46. The maximum absolute atomic E-state index is 12.8. The molecule has 1 aromatic carbocycles. The number of carbonyl (C=O) groups excluding carboxylic acids is 1. The molecule has 0 saturated heterocycles. The maximum Gasteiger partial charge on any atom is 0.341 e. The Morgan fingerprint density at radius 3 is 2.62 bits per heavy atom. The van der Waals surface area contributed by atoms with Crippen LogP contribution in [-0.4, -0.2) is 40.3 Å². The third-order valence-corrected chi connectivity index (χ3v) is 4.46. The van der Waals surface area contributed by atoms with Crippen LogP contribution in [0.1, 0.15) is 47.1 Å². The van der Waals surface area contributed by atoms with E-state index in [2.05, 4.69) is 15.5 Å². The molecule has 0 aliphatic rings. The van der Waals surface area contributed by atoms with E-state index >= 15 is 0 Å². The zero-order valence-corrected chi connectivity index (χ0v) is 16.6. The Bertz CT molecular complexity index is 1020. The van der Waals surface area contributed by atoms with E-state index < -0.39 is 5.97 Å². The van der Waals surface area contributed by atoms with Crippen molar-refractivity contribution < 1.29 is 24.0 Å². The summed E-state index contributed by atoms with van der Waals surface area (Å²) in [6, 6.07) is 8.90. The number of aliphatic carboxylic acids is 1. The molecular weight excluding hydrogens is 374 g/mol. The SMILES string of the molecule is Cc1noc2nc(C(C)C)cc(C(=O)NCCc3ccc(OCC(=O)O)cc3)c12. The Morgan fingerprint density at radius 2 is 1.97 bits per heavy atom. The minimum absolute atomic E-state index is 0.151. The predicted octanol–water partition coefficient (Wildman–Crippen LogP) is 3.09. The molecule has 0 aliphatic heterocycles. The fraction of sp³-hybridized carbons (Fsp3) is 0.333.